The van der Waals surface area contributed by atoms with Gasteiger partial charge in [-0.15, -0.1) is 10.2 Å². The van der Waals surface area contributed by atoms with Gasteiger partial charge in [0.2, 0.25) is 5.91 Å². The SMILES string of the molecule is CC(C)(C(=O)NCCC#N)C1CC=Cn2c1nnc2C1(c2ccc(Cl)cc2)CCC1. The van der Waals surface area contributed by atoms with Crippen molar-refractivity contribution in [3.05, 3.63) is 52.6 Å². The molecule has 2 aromatic rings. The number of aromatic nitrogens is 3. The maximum absolute atomic E-state index is 12.9. The number of nitrogens with zero attached hydrogens (tertiary/aromatic N) is 4. The monoisotopic (exact) mass is 423 g/mol. The summed E-state index contributed by atoms with van der Waals surface area (Å²) in [6, 6.07) is 10.1. The van der Waals surface area contributed by atoms with E-state index in [4.69, 9.17) is 16.9 Å². The van der Waals surface area contributed by atoms with E-state index in [0.717, 1.165) is 42.4 Å². The molecule has 1 fully saturated rings. The molecule has 1 saturated carbocycles. The molecule has 2 heterocycles. The lowest BCUT2D eigenvalue weighted by Gasteiger charge is -2.42. The fourth-order valence-electron chi connectivity index (χ4n) is 4.60. The van der Waals surface area contributed by atoms with Crippen LogP contribution in [0.1, 0.15) is 69.1 Å². The molecule has 1 amide bonds. The van der Waals surface area contributed by atoms with E-state index in [1.165, 1.54) is 5.56 Å². The number of benzene rings is 1. The summed E-state index contributed by atoms with van der Waals surface area (Å²) in [5.41, 5.74) is 0.369. The minimum Gasteiger partial charge on any atom is -0.355 e. The van der Waals surface area contributed by atoms with Crippen LogP contribution in [0, 0.1) is 16.7 Å². The molecule has 30 heavy (non-hydrogen) atoms. The molecule has 1 atom stereocenters. The van der Waals surface area contributed by atoms with Crippen molar-refractivity contribution in [1.82, 2.24) is 20.1 Å². The van der Waals surface area contributed by atoms with E-state index in [9.17, 15) is 4.79 Å². The number of fused-ring (bicyclic) bond motifs is 1. The van der Waals surface area contributed by atoms with E-state index in [0.29, 0.717) is 13.0 Å². The van der Waals surface area contributed by atoms with Gasteiger partial charge in [-0.3, -0.25) is 9.36 Å². The number of halogens is 1. The van der Waals surface area contributed by atoms with Gasteiger partial charge in [0.15, 0.2) is 0 Å². The molecule has 0 bridgehead atoms. The van der Waals surface area contributed by atoms with Crippen LogP contribution in [0.4, 0.5) is 0 Å². The van der Waals surface area contributed by atoms with E-state index < -0.39 is 5.41 Å². The largest absolute Gasteiger partial charge is 0.355 e. The summed E-state index contributed by atoms with van der Waals surface area (Å²) < 4.78 is 2.09. The second kappa shape index (κ2) is 7.88. The Labute approximate surface area is 181 Å². The van der Waals surface area contributed by atoms with E-state index in [-0.39, 0.29) is 17.2 Å². The van der Waals surface area contributed by atoms with Crippen LogP contribution in [-0.4, -0.2) is 27.2 Å². The van der Waals surface area contributed by atoms with E-state index in [2.05, 4.69) is 44.4 Å². The lowest BCUT2D eigenvalue weighted by Crippen LogP contribution is -2.43. The van der Waals surface area contributed by atoms with Gasteiger partial charge >= 0.3 is 0 Å². The van der Waals surface area contributed by atoms with Crippen molar-refractivity contribution < 1.29 is 4.79 Å². The molecule has 1 aliphatic carbocycles. The number of nitrogens with one attached hydrogen (secondary N) is 1. The van der Waals surface area contributed by atoms with Gasteiger partial charge < -0.3 is 5.32 Å². The minimum atomic E-state index is -0.671. The number of carbonyl (C=O) groups is 1. The number of hydrogen-bond acceptors (Lipinski definition) is 4. The molecule has 1 aromatic carbocycles. The molecule has 7 heteroatoms. The van der Waals surface area contributed by atoms with E-state index in [1.54, 1.807) is 0 Å². The van der Waals surface area contributed by atoms with Gasteiger partial charge in [0.25, 0.3) is 0 Å². The Morgan fingerprint density at radius 3 is 2.70 bits per heavy atom. The fraction of sp³-hybridized carbons (Fsp3) is 0.478. The number of carbonyl (C=O) groups excluding carboxylic acids is 1. The van der Waals surface area contributed by atoms with Crippen molar-refractivity contribution in [1.29, 1.82) is 5.26 Å². The second-order valence-electron chi connectivity index (χ2n) is 8.75. The first kappa shape index (κ1) is 20.6. The van der Waals surface area contributed by atoms with Gasteiger partial charge in [0.05, 0.1) is 23.3 Å². The first-order valence-corrected chi connectivity index (χ1v) is 10.8. The molecule has 156 valence electrons. The van der Waals surface area contributed by atoms with Crippen molar-refractivity contribution in [3.8, 4) is 6.07 Å². The third-order valence-corrected chi connectivity index (χ3v) is 6.92. The average Bonchev–Trinajstić information content (AvgIpc) is 3.13. The van der Waals surface area contributed by atoms with Crippen LogP contribution < -0.4 is 5.32 Å². The summed E-state index contributed by atoms with van der Waals surface area (Å²) in [4.78, 5) is 12.9. The molecule has 1 N–H and O–H groups in total. The molecule has 1 aromatic heterocycles. The van der Waals surface area contributed by atoms with Crippen molar-refractivity contribution in [2.45, 2.75) is 57.3 Å². The number of rotatable bonds is 6. The highest BCUT2D eigenvalue weighted by atomic mass is 35.5. The Bertz CT molecular complexity index is 1010. The van der Waals surface area contributed by atoms with Crippen LogP contribution in [0.5, 0.6) is 0 Å². The maximum atomic E-state index is 12.9. The van der Waals surface area contributed by atoms with Gasteiger partial charge in [0.1, 0.15) is 11.6 Å². The van der Waals surface area contributed by atoms with E-state index in [1.807, 2.05) is 32.2 Å². The highest BCUT2D eigenvalue weighted by Gasteiger charge is 2.47. The summed E-state index contributed by atoms with van der Waals surface area (Å²) in [5, 5.41) is 21.6. The van der Waals surface area contributed by atoms with Gasteiger partial charge in [0, 0.05) is 23.7 Å². The van der Waals surface area contributed by atoms with Gasteiger partial charge in [-0.1, -0.05) is 50.1 Å². The summed E-state index contributed by atoms with van der Waals surface area (Å²) in [7, 11) is 0. The van der Waals surface area contributed by atoms with Crippen LogP contribution in [0.25, 0.3) is 6.20 Å². The summed E-state index contributed by atoms with van der Waals surface area (Å²) in [6.07, 6.45) is 8.35. The number of hydrogen-bond donors (Lipinski definition) is 1. The van der Waals surface area contributed by atoms with Crippen LogP contribution in [0.3, 0.4) is 0 Å². The standard InChI is InChI=1S/C23H26ClN5O/c1-22(2,21(30)26-14-5-13-25)18-6-3-15-29-19(18)27-28-20(29)23(11-4-12-23)16-7-9-17(24)10-8-16/h3,7-10,15,18H,4-6,11-12,14H2,1-2H3,(H,26,30). The Morgan fingerprint density at radius 2 is 2.07 bits per heavy atom. The maximum Gasteiger partial charge on any atom is 0.226 e. The zero-order chi connectivity index (χ0) is 21.4. The lowest BCUT2D eigenvalue weighted by molar-refractivity contribution is -0.130. The first-order valence-electron chi connectivity index (χ1n) is 10.4. The zero-order valence-corrected chi connectivity index (χ0v) is 18.1. The summed E-state index contributed by atoms with van der Waals surface area (Å²) in [5.74, 6) is 1.61. The van der Waals surface area contributed by atoms with Gasteiger partial charge in [-0.05, 0) is 37.0 Å². The summed E-state index contributed by atoms with van der Waals surface area (Å²) >= 11 is 6.11. The molecule has 1 aliphatic heterocycles. The molecule has 0 saturated heterocycles. The zero-order valence-electron chi connectivity index (χ0n) is 17.4. The summed E-state index contributed by atoms with van der Waals surface area (Å²) in [6.45, 7) is 4.24. The van der Waals surface area contributed by atoms with Gasteiger partial charge in [-0.2, -0.15) is 5.26 Å². The Balaban J connectivity index is 1.68. The van der Waals surface area contributed by atoms with Crippen molar-refractivity contribution in [2.24, 2.45) is 5.41 Å². The normalized spacial score (nSPS) is 19.5. The van der Waals surface area contributed by atoms with Crippen molar-refractivity contribution in [2.75, 3.05) is 6.54 Å². The van der Waals surface area contributed by atoms with E-state index >= 15 is 0 Å². The predicted molar refractivity (Wildman–Crippen MR) is 116 cm³/mol. The molecular formula is C23H26ClN5O. The molecule has 0 radical (unpaired) electrons. The second-order valence-corrected chi connectivity index (χ2v) is 9.19. The molecule has 1 unspecified atom stereocenters. The quantitative estimate of drug-likeness (QED) is 0.697. The Kier molecular flexibility index (Phi) is 5.42. The predicted octanol–water partition coefficient (Wildman–Crippen LogP) is 4.42. The minimum absolute atomic E-state index is 0.0646. The highest BCUT2D eigenvalue weighted by molar-refractivity contribution is 6.30. The molecule has 0 spiro atoms. The van der Waals surface area contributed by atoms with Crippen LogP contribution >= 0.6 is 11.6 Å². The first-order chi connectivity index (χ1) is 14.4. The number of nitriles is 1. The topological polar surface area (TPSA) is 83.6 Å². The number of allylic oxidation sites excluding steroid dienone is 1. The highest BCUT2D eigenvalue weighted by Crippen LogP contribution is 2.50. The van der Waals surface area contributed by atoms with Gasteiger partial charge in [-0.25, -0.2) is 0 Å². The van der Waals surface area contributed by atoms with Crippen molar-refractivity contribution in [3.63, 3.8) is 0 Å². The Hall–Kier alpha value is -2.65. The van der Waals surface area contributed by atoms with Crippen LogP contribution in [0.2, 0.25) is 5.02 Å². The van der Waals surface area contributed by atoms with Crippen molar-refractivity contribution >= 4 is 23.7 Å². The third kappa shape index (κ3) is 3.31. The average molecular weight is 424 g/mol. The number of amides is 1. The molecule has 6 nitrogen and oxygen atoms in total. The van der Waals surface area contributed by atoms with Crippen LogP contribution in [0.15, 0.2) is 30.3 Å². The smallest absolute Gasteiger partial charge is 0.226 e. The lowest BCUT2D eigenvalue weighted by atomic mass is 9.63. The molecule has 4 rings (SSSR count). The Morgan fingerprint density at radius 1 is 1.33 bits per heavy atom. The van der Waals surface area contributed by atoms with Crippen LogP contribution in [-0.2, 0) is 10.2 Å². The molecule has 2 aliphatic rings. The fourth-order valence-corrected chi connectivity index (χ4v) is 4.72. The third-order valence-electron chi connectivity index (χ3n) is 6.67. The molecular weight excluding hydrogens is 398 g/mol.